The molecule has 1 aromatic heterocycles. The van der Waals surface area contributed by atoms with Crippen LogP contribution in [0.4, 0.5) is 11.9 Å². The third-order valence-electron chi connectivity index (χ3n) is 2.53. The number of anilines is 2. The predicted molar refractivity (Wildman–Crippen MR) is 74.4 cm³/mol. The minimum Gasteiger partial charge on any atom is -0.497 e. The summed E-state index contributed by atoms with van der Waals surface area (Å²) >= 11 is 5.75. The van der Waals surface area contributed by atoms with E-state index in [-0.39, 0.29) is 11.2 Å². The maximum absolute atomic E-state index is 5.75. The van der Waals surface area contributed by atoms with E-state index in [0.717, 1.165) is 11.3 Å². The first-order chi connectivity index (χ1) is 9.08. The highest BCUT2D eigenvalue weighted by Crippen LogP contribution is 2.16. The Balaban J connectivity index is 2.13. The fraction of sp³-hybridized carbons (Fsp3) is 0.250. The van der Waals surface area contributed by atoms with Gasteiger partial charge < -0.3 is 15.4 Å². The van der Waals surface area contributed by atoms with E-state index in [1.807, 2.05) is 36.2 Å². The second-order valence-corrected chi connectivity index (χ2v) is 4.30. The van der Waals surface area contributed by atoms with E-state index in [0.29, 0.717) is 12.5 Å². The number of halogens is 1. The molecule has 1 heterocycles. The van der Waals surface area contributed by atoms with Gasteiger partial charge in [-0.3, -0.25) is 0 Å². The van der Waals surface area contributed by atoms with Crippen molar-refractivity contribution in [2.75, 3.05) is 24.8 Å². The molecule has 0 unspecified atom stereocenters. The minimum absolute atomic E-state index is 0.0871. The molecule has 0 saturated heterocycles. The van der Waals surface area contributed by atoms with Gasteiger partial charge in [0.1, 0.15) is 5.75 Å². The molecule has 0 atom stereocenters. The van der Waals surface area contributed by atoms with Crippen LogP contribution in [0.1, 0.15) is 5.56 Å². The van der Waals surface area contributed by atoms with Gasteiger partial charge in [-0.15, -0.1) is 0 Å². The SMILES string of the molecule is COc1ccc(CN(C)c2nc(N)nc(Cl)n2)cc1. The molecule has 0 radical (unpaired) electrons. The van der Waals surface area contributed by atoms with E-state index < -0.39 is 0 Å². The zero-order valence-electron chi connectivity index (χ0n) is 10.7. The Hall–Kier alpha value is -2.08. The van der Waals surface area contributed by atoms with Crippen molar-refractivity contribution in [3.63, 3.8) is 0 Å². The van der Waals surface area contributed by atoms with Gasteiger partial charge in [-0.2, -0.15) is 15.0 Å². The number of hydrogen-bond acceptors (Lipinski definition) is 6. The van der Waals surface area contributed by atoms with Crippen LogP contribution in [0.15, 0.2) is 24.3 Å². The average Bonchev–Trinajstić information content (AvgIpc) is 2.38. The molecule has 2 rings (SSSR count). The Morgan fingerprint density at radius 2 is 1.89 bits per heavy atom. The zero-order chi connectivity index (χ0) is 13.8. The van der Waals surface area contributed by atoms with Crippen LogP contribution >= 0.6 is 11.6 Å². The van der Waals surface area contributed by atoms with Gasteiger partial charge in [-0.05, 0) is 29.3 Å². The number of methoxy groups -OCH3 is 1. The number of benzene rings is 1. The number of nitrogens with two attached hydrogens (primary N) is 1. The van der Waals surface area contributed by atoms with Crippen LogP contribution in [-0.2, 0) is 6.54 Å². The molecule has 19 heavy (non-hydrogen) atoms. The average molecular weight is 280 g/mol. The molecular weight excluding hydrogens is 266 g/mol. The molecule has 0 saturated carbocycles. The lowest BCUT2D eigenvalue weighted by molar-refractivity contribution is 0.414. The van der Waals surface area contributed by atoms with Crippen molar-refractivity contribution in [1.29, 1.82) is 0 Å². The van der Waals surface area contributed by atoms with Gasteiger partial charge in [0.15, 0.2) is 0 Å². The summed E-state index contributed by atoms with van der Waals surface area (Å²) in [5.41, 5.74) is 6.63. The van der Waals surface area contributed by atoms with E-state index in [4.69, 9.17) is 22.1 Å². The van der Waals surface area contributed by atoms with Crippen LogP contribution in [0.5, 0.6) is 5.75 Å². The van der Waals surface area contributed by atoms with Crippen LogP contribution in [0.2, 0.25) is 5.28 Å². The molecule has 2 N–H and O–H groups in total. The maximum atomic E-state index is 5.75. The Kier molecular flexibility index (Phi) is 4.01. The number of nitrogens with zero attached hydrogens (tertiary/aromatic N) is 4. The molecule has 0 aliphatic carbocycles. The van der Waals surface area contributed by atoms with Crippen molar-refractivity contribution in [3.8, 4) is 5.75 Å². The summed E-state index contributed by atoms with van der Waals surface area (Å²) in [5, 5.41) is 0.0871. The van der Waals surface area contributed by atoms with Gasteiger partial charge in [0.2, 0.25) is 17.2 Å². The molecule has 0 bridgehead atoms. The van der Waals surface area contributed by atoms with E-state index in [9.17, 15) is 0 Å². The van der Waals surface area contributed by atoms with Crippen molar-refractivity contribution in [3.05, 3.63) is 35.1 Å². The summed E-state index contributed by atoms with van der Waals surface area (Å²) in [7, 11) is 3.49. The topological polar surface area (TPSA) is 77.2 Å². The summed E-state index contributed by atoms with van der Waals surface area (Å²) in [4.78, 5) is 13.6. The molecule has 0 amide bonds. The number of hydrogen-bond donors (Lipinski definition) is 1. The normalized spacial score (nSPS) is 10.3. The monoisotopic (exact) mass is 279 g/mol. The molecular formula is C12H14ClN5O. The number of rotatable bonds is 4. The van der Waals surface area contributed by atoms with Crippen molar-refractivity contribution in [2.24, 2.45) is 0 Å². The van der Waals surface area contributed by atoms with Crippen molar-refractivity contribution >= 4 is 23.5 Å². The molecule has 7 heteroatoms. The Morgan fingerprint density at radius 1 is 1.21 bits per heavy atom. The second-order valence-electron chi connectivity index (χ2n) is 3.97. The summed E-state index contributed by atoms with van der Waals surface area (Å²) in [6, 6.07) is 7.75. The molecule has 6 nitrogen and oxygen atoms in total. The van der Waals surface area contributed by atoms with Crippen LogP contribution in [0, 0.1) is 0 Å². The molecule has 1 aromatic carbocycles. The third kappa shape index (κ3) is 3.45. The van der Waals surface area contributed by atoms with Gasteiger partial charge in [0.05, 0.1) is 7.11 Å². The Bertz CT molecular complexity index is 540. The first kappa shape index (κ1) is 13.4. The highest BCUT2D eigenvalue weighted by atomic mass is 35.5. The predicted octanol–water partition coefficient (Wildman–Crippen LogP) is 1.75. The first-order valence-corrected chi connectivity index (χ1v) is 5.97. The molecule has 0 aliphatic rings. The largest absolute Gasteiger partial charge is 0.497 e. The highest BCUT2D eigenvalue weighted by Gasteiger charge is 2.08. The third-order valence-corrected chi connectivity index (χ3v) is 2.70. The zero-order valence-corrected chi connectivity index (χ0v) is 11.4. The summed E-state index contributed by atoms with van der Waals surface area (Å²) in [6.45, 7) is 0.629. The van der Waals surface area contributed by atoms with E-state index in [1.165, 1.54) is 0 Å². The first-order valence-electron chi connectivity index (χ1n) is 5.59. The van der Waals surface area contributed by atoms with Crippen molar-refractivity contribution in [2.45, 2.75) is 6.54 Å². The molecule has 0 spiro atoms. The van der Waals surface area contributed by atoms with Gasteiger partial charge in [-0.1, -0.05) is 12.1 Å². The standard InChI is InChI=1S/C12H14ClN5O/c1-18(12-16-10(13)15-11(14)17-12)7-8-3-5-9(19-2)6-4-8/h3-6H,7H2,1-2H3,(H2,14,15,16,17). The van der Waals surface area contributed by atoms with Gasteiger partial charge in [0.25, 0.3) is 0 Å². The number of aromatic nitrogens is 3. The molecule has 2 aromatic rings. The van der Waals surface area contributed by atoms with Crippen LogP contribution < -0.4 is 15.4 Å². The Morgan fingerprint density at radius 3 is 2.47 bits per heavy atom. The Labute approximate surface area is 116 Å². The lowest BCUT2D eigenvalue weighted by Crippen LogP contribution is -2.20. The van der Waals surface area contributed by atoms with Gasteiger partial charge in [-0.25, -0.2) is 0 Å². The highest BCUT2D eigenvalue weighted by molar-refractivity contribution is 6.28. The van der Waals surface area contributed by atoms with E-state index in [1.54, 1.807) is 7.11 Å². The van der Waals surface area contributed by atoms with Crippen molar-refractivity contribution < 1.29 is 4.74 Å². The second kappa shape index (κ2) is 5.71. The van der Waals surface area contributed by atoms with Gasteiger partial charge in [0, 0.05) is 13.6 Å². The van der Waals surface area contributed by atoms with Gasteiger partial charge >= 0.3 is 0 Å². The number of ether oxygens (including phenoxy) is 1. The lowest BCUT2D eigenvalue weighted by Gasteiger charge is -2.17. The van der Waals surface area contributed by atoms with Crippen molar-refractivity contribution in [1.82, 2.24) is 15.0 Å². The minimum atomic E-state index is 0.0871. The summed E-state index contributed by atoms with van der Waals surface area (Å²) in [6.07, 6.45) is 0. The quantitative estimate of drug-likeness (QED) is 0.919. The van der Waals surface area contributed by atoms with E-state index >= 15 is 0 Å². The van der Waals surface area contributed by atoms with Crippen LogP contribution in [-0.4, -0.2) is 29.1 Å². The smallest absolute Gasteiger partial charge is 0.231 e. The number of nitrogen functional groups attached to an aromatic ring is 1. The van der Waals surface area contributed by atoms with E-state index in [2.05, 4.69) is 15.0 Å². The van der Waals surface area contributed by atoms with Crippen LogP contribution in [0.3, 0.4) is 0 Å². The maximum Gasteiger partial charge on any atom is 0.231 e. The van der Waals surface area contributed by atoms with Crippen LogP contribution in [0.25, 0.3) is 0 Å². The molecule has 0 fully saturated rings. The fourth-order valence-electron chi connectivity index (χ4n) is 1.60. The molecule has 100 valence electrons. The summed E-state index contributed by atoms with van der Waals surface area (Å²) < 4.78 is 5.11. The molecule has 0 aliphatic heterocycles. The summed E-state index contributed by atoms with van der Waals surface area (Å²) in [5.74, 6) is 1.36. The lowest BCUT2D eigenvalue weighted by atomic mass is 10.2. The fourth-order valence-corrected chi connectivity index (χ4v) is 1.76.